The molecule has 1 aromatic rings. The lowest BCUT2D eigenvalue weighted by Crippen LogP contribution is -2.68. The van der Waals surface area contributed by atoms with Crippen molar-refractivity contribution in [1.82, 2.24) is 5.06 Å². The first-order chi connectivity index (χ1) is 14.4. The third kappa shape index (κ3) is 5.27. The second kappa shape index (κ2) is 8.02. The number of hydrogen-bond donors (Lipinski definition) is 0. The van der Waals surface area contributed by atoms with Gasteiger partial charge >= 0.3 is 0 Å². The summed E-state index contributed by atoms with van der Waals surface area (Å²) < 4.78 is 18.6. The Morgan fingerprint density at radius 1 is 0.935 bits per heavy atom. The van der Waals surface area contributed by atoms with Gasteiger partial charge in [-0.25, -0.2) is 0 Å². The Bertz CT molecular complexity index is 736. The molecule has 1 unspecified atom stereocenters. The van der Waals surface area contributed by atoms with Gasteiger partial charge < -0.3 is 14.2 Å². The van der Waals surface area contributed by atoms with Gasteiger partial charge in [0, 0.05) is 29.3 Å². The van der Waals surface area contributed by atoms with Crippen molar-refractivity contribution in [2.24, 2.45) is 11.3 Å². The van der Waals surface area contributed by atoms with Crippen molar-refractivity contribution < 1.29 is 19.0 Å². The summed E-state index contributed by atoms with van der Waals surface area (Å²) in [5, 5.41) is 2.18. The summed E-state index contributed by atoms with van der Waals surface area (Å²) in [4.78, 5) is 6.61. The van der Waals surface area contributed by atoms with Crippen molar-refractivity contribution in [2.45, 2.75) is 97.1 Å². The summed E-state index contributed by atoms with van der Waals surface area (Å²) in [6.45, 7) is 17.7. The minimum atomic E-state index is -0.536. The van der Waals surface area contributed by atoms with Gasteiger partial charge in [-0.15, -0.1) is 0 Å². The number of hydroxylamine groups is 2. The van der Waals surface area contributed by atoms with Gasteiger partial charge in [0.05, 0.1) is 19.8 Å². The van der Waals surface area contributed by atoms with Crippen molar-refractivity contribution in [3.05, 3.63) is 29.8 Å². The summed E-state index contributed by atoms with van der Waals surface area (Å²) in [6.07, 6.45) is 4.11. The summed E-state index contributed by atoms with van der Waals surface area (Å²) in [5.74, 6) is 1.17. The highest BCUT2D eigenvalue weighted by Gasteiger charge is 2.57. The van der Waals surface area contributed by atoms with E-state index in [1.807, 2.05) is 0 Å². The smallest absolute Gasteiger partial charge is 0.171 e. The van der Waals surface area contributed by atoms with E-state index in [0.717, 1.165) is 49.9 Å². The van der Waals surface area contributed by atoms with Gasteiger partial charge in [0.2, 0.25) is 0 Å². The van der Waals surface area contributed by atoms with Crippen LogP contribution in [0.25, 0.3) is 0 Å². The fourth-order valence-corrected chi connectivity index (χ4v) is 5.12. The van der Waals surface area contributed by atoms with Crippen LogP contribution in [0, 0.1) is 11.3 Å². The van der Waals surface area contributed by atoms with Crippen LogP contribution in [0.1, 0.15) is 85.8 Å². The van der Waals surface area contributed by atoms with Crippen molar-refractivity contribution >= 4 is 0 Å². The van der Waals surface area contributed by atoms with Crippen LogP contribution in [0.5, 0.6) is 5.75 Å². The number of rotatable bonds is 6. The van der Waals surface area contributed by atoms with Crippen molar-refractivity contribution in [3.63, 3.8) is 0 Å². The van der Waals surface area contributed by atoms with Gasteiger partial charge in [-0.05, 0) is 71.1 Å². The fraction of sp³-hybridized carbons (Fsp3) is 0.769. The molecule has 5 heteroatoms. The highest BCUT2D eigenvalue weighted by molar-refractivity contribution is 5.28. The minimum absolute atomic E-state index is 0.0581. The molecule has 0 N–H and O–H groups in total. The molecule has 0 radical (unpaired) electrons. The summed E-state index contributed by atoms with van der Waals surface area (Å²) in [5.41, 5.74) is 0.754. The standard InChI is InChI=1S/C26H41NO4/c1-19(21-10-12-22(13-11-21)28-14-20-8-9-20)31-27-24(4,5)15-26(16-25(27,6)7)29-17-23(2,3)18-30-26/h10-13,19-20H,8-9,14-18H2,1-7H3. The maximum Gasteiger partial charge on any atom is 0.171 e. The van der Waals surface area contributed by atoms with Crippen LogP contribution in [0.15, 0.2) is 24.3 Å². The molecule has 3 aliphatic rings. The molecule has 1 aromatic carbocycles. The average Bonchev–Trinajstić information content (AvgIpc) is 3.50. The van der Waals surface area contributed by atoms with Crippen LogP contribution in [-0.2, 0) is 14.3 Å². The number of ether oxygens (including phenoxy) is 3. The fourth-order valence-electron chi connectivity index (χ4n) is 5.12. The lowest BCUT2D eigenvalue weighted by Gasteiger charge is -2.59. The van der Waals surface area contributed by atoms with Crippen LogP contribution in [0.3, 0.4) is 0 Å². The van der Waals surface area contributed by atoms with E-state index in [1.165, 1.54) is 12.8 Å². The van der Waals surface area contributed by atoms with Crippen LogP contribution in [-0.4, -0.2) is 41.7 Å². The molecule has 5 nitrogen and oxygen atoms in total. The molecular formula is C26H41NO4. The van der Waals surface area contributed by atoms with Crippen molar-refractivity contribution in [1.29, 1.82) is 0 Å². The third-order valence-corrected chi connectivity index (χ3v) is 6.75. The molecular weight excluding hydrogens is 390 g/mol. The molecule has 2 heterocycles. The lowest BCUT2D eigenvalue weighted by atomic mass is 9.77. The SMILES string of the molecule is CC(ON1C(C)(C)CC2(CC1(C)C)OCC(C)(C)CO2)c1ccc(OCC2CC2)cc1. The van der Waals surface area contributed by atoms with E-state index in [0.29, 0.717) is 0 Å². The third-order valence-electron chi connectivity index (χ3n) is 6.75. The quantitative estimate of drug-likeness (QED) is 0.562. The first-order valence-electron chi connectivity index (χ1n) is 11.9. The highest BCUT2D eigenvalue weighted by Crippen LogP contribution is 2.49. The Labute approximate surface area is 188 Å². The highest BCUT2D eigenvalue weighted by atomic mass is 16.7. The van der Waals surface area contributed by atoms with Crippen LogP contribution < -0.4 is 4.74 Å². The van der Waals surface area contributed by atoms with Gasteiger partial charge in [-0.2, -0.15) is 5.06 Å². The molecule has 1 saturated carbocycles. The largest absolute Gasteiger partial charge is 0.493 e. The first kappa shape index (κ1) is 23.0. The molecule has 0 bridgehead atoms. The molecule has 2 saturated heterocycles. The van der Waals surface area contributed by atoms with Crippen LogP contribution >= 0.6 is 0 Å². The molecule has 1 spiro atoms. The molecule has 0 aromatic heterocycles. The topological polar surface area (TPSA) is 40.2 Å². The molecule has 1 atom stereocenters. The van der Waals surface area contributed by atoms with E-state index >= 15 is 0 Å². The van der Waals surface area contributed by atoms with Crippen molar-refractivity contribution in [3.8, 4) is 5.75 Å². The summed E-state index contributed by atoms with van der Waals surface area (Å²) >= 11 is 0. The molecule has 3 fully saturated rings. The summed E-state index contributed by atoms with van der Waals surface area (Å²) in [7, 11) is 0. The zero-order valence-corrected chi connectivity index (χ0v) is 20.5. The van der Waals surface area contributed by atoms with E-state index in [4.69, 9.17) is 19.0 Å². The van der Waals surface area contributed by atoms with E-state index in [1.54, 1.807) is 0 Å². The van der Waals surface area contributed by atoms with E-state index in [2.05, 4.69) is 77.8 Å². The second-order valence-corrected chi connectivity index (χ2v) is 12.0. The molecule has 0 amide bonds. The number of nitrogens with zero attached hydrogens (tertiary/aromatic N) is 1. The molecule has 2 aliphatic heterocycles. The van der Waals surface area contributed by atoms with E-state index in [9.17, 15) is 0 Å². The first-order valence-corrected chi connectivity index (χ1v) is 11.9. The van der Waals surface area contributed by atoms with E-state index < -0.39 is 5.79 Å². The van der Waals surface area contributed by atoms with Gasteiger partial charge in [0.25, 0.3) is 0 Å². The van der Waals surface area contributed by atoms with Gasteiger partial charge in [0.1, 0.15) is 11.9 Å². The Morgan fingerprint density at radius 2 is 1.48 bits per heavy atom. The zero-order chi connectivity index (χ0) is 22.5. The van der Waals surface area contributed by atoms with Crippen molar-refractivity contribution in [2.75, 3.05) is 19.8 Å². The Kier molecular flexibility index (Phi) is 5.96. The average molecular weight is 432 g/mol. The lowest BCUT2D eigenvalue weighted by molar-refractivity contribution is -0.387. The normalized spacial score (nSPS) is 27.7. The van der Waals surface area contributed by atoms with Gasteiger partial charge in [-0.1, -0.05) is 26.0 Å². The van der Waals surface area contributed by atoms with Crippen LogP contribution in [0.2, 0.25) is 0 Å². The maximum absolute atomic E-state index is 6.61. The predicted octanol–water partition coefficient (Wildman–Crippen LogP) is 5.89. The van der Waals surface area contributed by atoms with Crippen LogP contribution in [0.4, 0.5) is 0 Å². The zero-order valence-electron chi connectivity index (χ0n) is 20.5. The number of piperidine rings is 1. The Balaban J connectivity index is 1.42. The number of hydrogen-bond acceptors (Lipinski definition) is 5. The monoisotopic (exact) mass is 431 g/mol. The molecule has 1 aliphatic carbocycles. The van der Waals surface area contributed by atoms with E-state index in [-0.39, 0.29) is 22.6 Å². The minimum Gasteiger partial charge on any atom is -0.493 e. The molecule has 174 valence electrons. The summed E-state index contributed by atoms with van der Waals surface area (Å²) in [6, 6.07) is 8.36. The Hall–Kier alpha value is -1.14. The molecule has 4 rings (SSSR count). The Morgan fingerprint density at radius 3 is 2.00 bits per heavy atom. The van der Waals surface area contributed by atoms with Gasteiger partial charge in [0.15, 0.2) is 5.79 Å². The second-order valence-electron chi connectivity index (χ2n) is 12.0. The maximum atomic E-state index is 6.61. The molecule has 31 heavy (non-hydrogen) atoms. The number of benzene rings is 1. The predicted molar refractivity (Wildman–Crippen MR) is 122 cm³/mol. The van der Waals surface area contributed by atoms with Gasteiger partial charge in [-0.3, -0.25) is 4.84 Å².